The van der Waals surface area contributed by atoms with Crippen molar-refractivity contribution < 1.29 is 31.8 Å². The minimum Gasteiger partial charge on any atom is -0.478 e. The first kappa shape index (κ1) is 22.6. The molecule has 1 N–H and O–H groups in total. The summed E-state index contributed by atoms with van der Waals surface area (Å²) in [4.78, 5) is 20.7. The van der Waals surface area contributed by atoms with Crippen molar-refractivity contribution in [2.75, 3.05) is 14.1 Å². The number of nitrogens with zero attached hydrogens (tertiary/aromatic N) is 4. The number of benzene rings is 2. The van der Waals surface area contributed by atoms with E-state index in [1.807, 2.05) is 6.92 Å². The van der Waals surface area contributed by atoms with Crippen LogP contribution < -0.4 is 4.74 Å². The molecule has 0 saturated carbocycles. The molecule has 2 aromatic carbocycles. The molecule has 0 bridgehead atoms. The van der Waals surface area contributed by atoms with Crippen molar-refractivity contribution in [1.82, 2.24) is 18.2 Å². The molecule has 172 valence electrons. The first-order valence-corrected chi connectivity index (χ1v) is 10.9. The van der Waals surface area contributed by atoms with Gasteiger partial charge in [-0.1, -0.05) is 17.7 Å². The molecule has 33 heavy (non-hydrogen) atoms. The Hall–Kier alpha value is -3.64. The highest BCUT2D eigenvalue weighted by atomic mass is 32.2. The normalized spacial score (nSPS) is 12.2. The van der Waals surface area contributed by atoms with Gasteiger partial charge in [-0.05, 0) is 37.3 Å². The zero-order valence-electron chi connectivity index (χ0n) is 17.7. The number of rotatable bonds is 6. The quantitative estimate of drug-likeness (QED) is 0.453. The van der Waals surface area contributed by atoms with Crippen LogP contribution >= 0.6 is 0 Å². The van der Waals surface area contributed by atoms with Crippen LogP contribution in [0.2, 0.25) is 0 Å². The number of aryl methyl sites for hydroxylation is 1. The minimum atomic E-state index is -4.28. The van der Waals surface area contributed by atoms with Crippen LogP contribution in [0.25, 0.3) is 33.5 Å². The van der Waals surface area contributed by atoms with E-state index >= 15 is 0 Å². The molecule has 0 aliphatic heterocycles. The molecule has 0 aliphatic carbocycles. The Morgan fingerprint density at radius 1 is 1.15 bits per heavy atom. The lowest BCUT2D eigenvalue weighted by Gasteiger charge is -2.16. The van der Waals surface area contributed by atoms with Crippen molar-refractivity contribution in [2.24, 2.45) is 0 Å². The van der Waals surface area contributed by atoms with Crippen molar-refractivity contribution in [1.29, 1.82) is 0 Å². The Labute approximate surface area is 187 Å². The van der Waals surface area contributed by atoms with Gasteiger partial charge in [0.05, 0.1) is 16.6 Å². The van der Waals surface area contributed by atoms with Crippen LogP contribution in [-0.4, -0.2) is 58.4 Å². The fourth-order valence-corrected chi connectivity index (χ4v) is 4.49. The summed E-state index contributed by atoms with van der Waals surface area (Å²) in [5.74, 6) is -2.06. The lowest BCUT2D eigenvalue weighted by atomic mass is 10.1. The number of imidazole rings is 1. The van der Waals surface area contributed by atoms with Gasteiger partial charge in [-0.3, -0.25) is 0 Å². The van der Waals surface area contributed by atoms with Gasteiger partial charge >= 0.3 is 22.8 Å². The third-order valence-corrected chi connectivity index (χ3v) is 6.68. The van der Waals surface area contributed by atoms with E-state index in [1.165, 1.54) is 38.4 Å². The van der Waals surface area contributed by atoms with Gasteiger partial charge in [-0.25, -0.2) is 18.7 Å². The maximum absolute atomic E-state index is 13.2. The van der Waals surface area contributed by atoms with E-state index in [2.05, 4.69) is 14.7 Å². The zero-order chi connectivity index (χ0) is 24.1. The third kappa shape index (κ3) is 3.87. The Bertz CT molecular complexity index is 1520. The van der Waals surface area contributed by atoms with Crippen molar-refractivity contribution in [2.45, 2.75) is 13.5 Å². The second-order valence-electron chi connectivity index (χ2n) is 7.38. The fourth-order valence-electron chi connectivity index (χ4n) is 3.42. The number of aromatic carboxylic acids is 1. The average molecular weight is 476 g/mol. The standard InChI is InChI=1S/C21H18F2N4O5S/c1-11-7-8-14-12(9-11)10-13(20(28)29)17(24-14)19-25-18-15(27(19)33(30,31)26(2)3)5-4-6-16(18)32-21(22)23/h4-10,21H,1-3H3,(H,28,29). The van der Waals surface area contributed by atoms with E-state index < -0.39 is 22.8 Å². The van der Waals surface area contributed by atoms with E-state index in [1.54, 1.807) is 18.2 Å². The van der Waals surface area contributed by atoms with Gasteiger partial charge in [0.2, 0.25) is 0 Å². The van der Waals surface area contributed by atoms with Gasteiger partial charge in [0.15, 0.2) is 11.6 Å². The molecule has 4 aromatic rings. The molecule has 2 aromatic heterocycles. The summed E-state index contributed by atoms with van der Waals surface area (Å²) >= 11 is 0. The first-order chi connectivity index (χ1) is 15.5. The van der Waals surface area contributed by atoms with E-state index in [9.17, 15) is 27.1 Å². The van der Waals surface area contributed by atoms with Crippen molar-refractivity contribution in [3.63, 3.8) is 0 Å². The second-order valence-corrected chi connectivity index (χ2v) is 9.37. The van der Waals surface area contributed by atoms with Gasteiger partial charge < -0.3 is 9.84 Å². The fraction of sp³-hybridized carbons (Fsp3) is 0.190. The second kappa shape index (κ2) is 8.05. The monoisotopic (exact) mass is 476 g/mol. The molecule has 9 nitrogen and oxygen atoms in total. The number of hydrogen-bond donors (Lipinski definition) is 1. The van der Waals surface area contributed by atoms with Gasteiger partial charge in [0, 0.05) is 19.5 Å². The summed E-state index contributed by atoms with van der Waals surface area (Å²) in [5.41, 5.74) is 0.507. The molecular weight excluding hydrogens is 458 g/mol. The Morgan fingerprint density at radius 2 is 1.88 bits per heavy atom. The predicted octanol–water partition coefficient (Wildman–Crippen LogP) is 3.51. The number of pyridine rings is 1. The number of carboxylic acid groups (broad SMARTS) is 1. The van der Waals surface area contributed by atoms with E-state index in [0.29, 0.717) is 10.9 Å². The molecule has 12 heteroatoms. The molecule has 0 fully saturated rings. The lowest BCUT2D eigenvalue weighted by molar-refractivity contribution is -0.0489. The number of ether oxygens (including phenoxy) is 1. The van der Waals surface area contributed by atoms with Crippen LogP contribution in [0.3, 0.4) is 0 Å². The summed E-state index contributed by atoms with van der Waals surface area (Å²) in [6, 6.07) is 10.5. The van der Waals surface area contributed by atoms with E-state index in [-0.39, 0.29) is 33.9 Å². The first-order valence-electron chi connectivity index (χ1n) is 9.55. The van der Waals surface area contributed by atoms with Gasteiger partial charge in [0.25, 0.3) is 0 Å². The van der Waals surface area contributed by atoms with Crippen LogP contribution in [0.15, 0.2) is 42.5 Å². The van der Waals surface area contributed by atoms with Crippen LogP contribution in [0.5, 0.6) is 5.75 Å². The summed E-state index contributed by atoms with van der Waals surface area (Å²) in [6.45, 7) is -1.34. The maximum Gasteiger partial charge on any atom is 0.387 e. The van der Waals surface area contributed by atoms with E-state index in [4.69, 9.17) is 0 Å². The molecule has 4 rings (SSSR count). The van der Waals surface area contributed by atoms with Gasteiger partial charge in [0.1, 0.15) is 11.2 Å². The smallest absolute Gasteiger partial charge is 0.387 e. The maximum atomic E-state index is 13.2. The molecule has 0 unspecified atom stereocenters. The highest BCUT2D eigenvalue weighted by Crippen LogP contribution is 2.34. The highest BCUT2D eigenvalue weighted by Gasteiger charge is 2.30. The average Bonchev–Trinajstić information content (AvgIpc) is 3.13. The number of aromatic nitrogens is 3. The van der Waals surface area contributed by atoms with Crippen LogP contribution in [0.4, 0.5) is 8.78 Å². The minimum absolute atomic E-state index is 0.0704. The molecule has 0 spiro atoms. The van der Waals surface area contributed by atoms with Gasteiger partial charge in [-0.2, -0.15) is 21.5 Å². The summed E-state index contributed by atoms with van der Waals surface area (Å²) in [6.07, 6.45) is 0. The summed E-state index contributed by atoms with van der Waals surface area (Å²) < 4.78 is 58.5. The Kier molecular flexibility index (Phi) is 5.50. The number of carbonyl (C=O) groups is 1. The van der Waals surface area contributed by atoms with Gasteiger partial charge in [-0.15, -0.1) is 0 Å². The summed E-state index contributed by atoms with van der Waals surface area (Å²) in [7, 11) is -1.72. The number of hydrogen-bond acceptors (Lipinski definition) is 6. The topological polar surface area (TPSA) is 115 Å². The third-order valence-electron chi connectivity index (χ3n) is 4.93. The SMILES string of the molecule is Cc1ccc2nc(-c3nc4c(OC(F)F)cccc4n3S(=O)(=O)N(C)C)c(C(=O)O)cc2c1. The van der Waals surface area contributed by atoms with Crippen LogP contribution in [-0.2, 0) is 10.2 Å². The number of halogens is 2. The predicted molar refractivity (Wildman–Crippen MR) is 117 cm³/mol. The Balaban J connectivity index is 2.15. The number of para-hydroxylation sites is 1. The van der Waals surface area contributed by atoms with Crippen molar-refractivity contribution in [3.05, 3.63) is 53.6 Å². The van der Waals surface area contributed by atoms with Crippen molar-refractivity contribution >= 4 is 38.1 Å². The number of carboxylic acids is 1. The molecule has 2 heterocycles. The van der Waals surface area contributed by atoms with Crippen molar-refractivity contribution in [3.8, 4) is 17.3 Å². The van der Waals surface area contributed by atoms with E-state index in [0.717, 1.165) is 13.8 Å². The highest BCUT2D eigenvalue weighted by molar-refractivity contribution is 7.87. The molecular formula is C21H18F2N4O5S. The Morgan fingerprint density at radius 3 is 2.52 bits per heavy atom. The molecule has 0 saturated heterocycles. The summed E-state index contributed by atoms with van der Waals surface area (Å²) in [5, 5.41) is 10.4. The van der Waals surface area contributed by atoms with Crippen LogP contribution in [0, 0.1) is 6.92 Å². The lowest BCUT2D eigenvalue weighted by Crippen LogP contribution is -2.29. The molecule has 0 radical (unpaired) electrons. The largest absolute Gasteiger partial charge is 0.478 e. The van der Waals surface area contributed by atoms with Crippen LogP contribution in [0.1, 0.15) is 15.9 Å². The molecule has 0 atom stereocenters. The molecule has 0 aliphatic rings. The molecule has 0 amide bonds. The number of alkyl halides is 2. The zero-order valence-corrected chi connectivity index (χ0v) is 18.5. The number of fused-ring (bicyclic) bond motifs is 2.